The van der Waals surface area contributed by atoms with Gasteiger partial charge in [-0.2, -0.15) is 0 Å². The molecule has 5 heterocycles. The molecule has 52 heavy (non-hydrogen) atoms. The van der Waals surface area contributed by atoms with Crippen molar-refractivity contribution in [2.75, 3.05) is 12.4 Å². The Kier molecular flexibility index (Phi) is 8.28. The van der Waals surface area contributed by atoms with Crippen molar-refractivity contribution in [3.05, 3.63) is 117 Å². The maximum atomic E-state index is 14.1. The number of aromatic nitrogens is 2. The molecule has 8 rings (SSSR count). The van der Waals surface area contributed by atoms with Gasteiger partial charge >= 0.3 is 12.1 Å². The lowest BCUT2D eigenvalue weighted by Gasteiger charge is -2.28. The smallest absolute Gasteiger partial charge is 0.408 e. The van der Waals surface area contributed by atoms with E-state index in [-0.39, 0.29) is 47.9 Å². The first-order valence-corrected chi connectivity index (χ1v) is 17.6. The van der Waals surface area contributed by atoms with E-state index in [0.29, 0.717) is 11.5 Å². The van der Waals surface area contributed by atoms with Gasteiger partial charge in [-0.3, -0.25) is 4.79 Å². The lowest BCUT2D eigenvalue weighted by Crippen LogP contribution is -2.49. The molecule has 13 nitrogen and oxygen atoms in total. The van der Waals surface area contributed by atoms with Crippen molar-refractivity contribution in [2.24, 2.45) is 5.92 Å². The molecule has 1 spiro atoms. The van der Waals surface area contributed by atoms with Crippen LogP contribution in [-0.2, 0) is 32.7 Å². The summed E-state index contributed by atoms with van der Waals surface area (Å²) in [5.41, 5.74) is 3.03. The van der Waals surface area contributed by atoms with E-state index in [9.17, 15) is 14.4 Å². The molecule has 0 saturated carbocycles. The summed E-state index contributed by atoms with van der Waals surface area (Å²) < 4.78 is 30.9. The number of aryl methyl sites for hydroxylation is 1. The molecule has 0 saturated heterocycles. The number of rotatable bonds is 6. The van der Waals surface area contributed by atoms with E-state index in [0.717, 1.165) is 32.4 Å². The van der Waals surface area contributed by atoms with Crippen molar-refractivity contribution in [2.45, 2.75) is 57.5 Å². The molecule has 0 fully saturated rings. The Morgan fingerprint density at radius 1 is 1.04 bits per heavy atom. The number of nitrogens with zero attached hydrogens (tertiary/aromatic N) is 2. The number of hydrogen-bond donors (Lipinski definition) is 3. The van der Waals surface area contributed by atoms with E-state index in [1.807, 2.05) is 80.6 Å². The number of ether oxygens (including phenoxy) is 3. The summed E-state index contributed by atoms with van der Waals surface area (Å²) in [4.78, 5) is 49.4. The number of esters is 1. The number of carbonyl (C=O) groups is 3. The van der Waals surface area contributed by atoms with E-state index in [2.05, 4.69) is 36.9 Å². The molecular formula is C38H34BrN5O8. The third kappa shape index (κ3) is 5.40. The Balaban J connectivity index is 1.31. The van der Waals surface area contributed by atoms with Crippen LogP contribution in [0.5, 0.6) is 5.75 Å². The lowest BCUT2D eigenvalue weighted by molar-refractivity contribution is -0.124. The highest BCUT2D eigenvalue weighted by Crippen LogP contribution is 2.60. The molecule has 3 aliphatic heterocycles. The van der Waals surface area contributed by atoms with Crippen molar-refractivity contribution < 1.29 is 37.4 Å². The first kappa shape index (κ1) is 33.5. The average Bonchev–Trinajstić information content (AvgIpc) is 3.89. The molecule has 3 aliphatic rings. The Hall–Kier alpha value is -5.63. The number of oxazole rings is 2. The predicted molar refractivity (Wildman–Crippen MR) is 190 cm³/mol. The Morgan fingerprint density at radius 2 is 1.85 bits per heavy atom. The predicted octanol–water partition coefficient (Wildman–Crippen LogP) is 6.33. The number of nitrogens with one attached hydrogen (secondary N) is 3. The van der Waals surface area contributed by atoms with Gasteiger partial charge < -0.3 is 39.0 Å². The van der Waals surface area contributed by atoms with Crippen LogP contribution < -0.4 is 20.7 Å². The molecule has 0 aliphatic carbocycles. The first-order valence-electron chi connectivity index (χ1n) is 16.8. The summed E-state index contributed by atoms with van der Waals surface area (Å²) in [6.07, 6.45) is -1.29. The third-order valence-electron chi connectivity index (χ3n) is 9.69. The SMILES string of the molecule is COC(=O)c1nc(-c2nc3oc2[C@]24c5cc(ccc5OC2Nc2c(Br)cccc24)C[C@H](NC(=O)OCc2ccccc2)C(=O)N[C@H]3C(C)C)oc1C. The van der Waals surface area contributed by atoms with Gasteiger partial charge in [0.1, 0.15) is 35.6 Å². The van der Waals surface area contributed by atoms with E-state index in [1.165, 1.54) is 7.11 Å². The first-order chi connectivity index (χ1) is 25.1. The maximum Gasteiger partial charge on any atom is 0.408 e. The fourth-order valence-electron chi connectivity index (χ4n) is 7.18. The van der Waals surface area contributed by atoms with Crippen LogP contribution in [0.3, 0.4) is 0 Å². The summed E-state index contributed by atoms with van der Waals surface area (Å²) in [7, 11) is 1.27. The quantitative estimate of drug-likeness (QED) is 0.165. The Bertz CT molecular complexity index is 2230. The van der Waals surface area contributed by atoms with Crippen LogP contribution in [0, 0.1) is 12.8 Å². The fraction of sp³-hybridized carbons (Fsp3) is 0.289. The van der Waals surface area contributed by atoms with Crippen molar-refractivity contribution in [1.82, 2.24) is 20.6 Å². The lowest BCUT2D eigenvalue weighted by atomic mass is 9.72. The standard InChI is InChI=1S/C38H34BrN5O8/c1-18(2)27-33-43-30(34-42-28(19(3)50-34)35(46)48-4)31(52-33)38-22-11-8-12-24(39)29(22)44-36(38)51-26-14-13-21(15-23(26)38)16-25(32(45)41-27)40-37(47)49-17-20-9-6-5-7-10-20/h5-15,18,25,27,36,44H,16-17H2,1-4H3,(H,40,47)(H,41,45)/t25-,27-,36?,38-/m0/s1. The topological polar surface area (TPSA) is 167 Å². The second kappa shape index (κ2) is 12.9. The molecule has 0 radical (unpaired) electrons. The number of carbonyl (C=O) groups excluding carboxylic acids is 3. The number of anilines is 1. The van der Waals surface area contributed by atoms with Gasteiger partial charge in [0.15, 0.2) is 23.4 Å². The molecule has 4 bridgehead atoms. The van der Waals surface area contributed by atoms with Gasteiger partial charge in [0, 0.05) is 22.0 Å². The highest BCUT2D eigenvalue weighted by atomic mass is 79.9. The second-order valence-electron chi connectivity index (χ2n) is 13.3. The summed E-state index contributed by atoms with van der Waals surface area (Å²) in [5.74, 6) is 0.0441. The fourth-order valence-corrected chi connectivity index (χ4v) is 7.66. The number of halogens is 1. The van der Waals surface area contributed by atoms with Crippen LogP contribution in [0.25, 0.3) is 11.6 Å². The van der Waals surface area contributed by atoms with E-state index in [1.54, 1.807) is 6.92 Å². The zero-order valence-electron chi connectivity index (χ0n) is 28.6. The number of fused-ring (bicyclic) bond motifs is 4. The van der Waals surface area contributed by atoms with Gasteiger partial charge in [-0.05, 0) is 52.0 Å². The van der Waals surface area contributed by atoms with Crippen LogP contribution in [0.4, 0.5) is 10.5 Å². The minimum absolute atomic E-state index is 0.000190. The summed E-state index contributed by atoms with van der Waals surface area (Å²) in [6.45, 7) is 5.50. The average molecular weight is 769 g/mol. The monoisotopic (exact) mass is 767 g/mol. The van der Waals surface area contributed by atoms with Crippen molar-refractivity contribution in [1.29, 1.82) is 0 Å². The largest absolute Gasteiger partial charge is 0.469 e. The van der Waals surface area contributed by atoms with Crippen LogP contribution in [0.1, 0.15) is 70.0 Å². The van der Waals surface area contributed by atoms with Crippen LogP contribution >= 0.6 is 15.9 Å². The van der Waals surface area contributed by atoms with Crippen molar-refractivity contribution in [3.63, 3.8) is 0 Å². The summed E-state index contributed by atoms with van der Waals surface area (Å²) in [5, 5.41) is 9.41. The highest BCUT2D eigenvalue weighted by molar-refractivity contribution is 9.10. The molecule has 266 valence electrons. The Labute approximate surface area is 306 Å². The molecule has 4 atom stereocenters. The number of hydrogen-bond acceptors (Lipinski definition) is 11. The number of methoxy groups -OCH3 is 1. The molecule has 5 aromatic rings. The summed E-state index contributed by atoms with van der Waals surface area (Å²) in [6, 6.07) is 19.0. The molecule has 3 N–H and O–H groups in total. The number of amides is 2. The van der Waals surface area contributed by atoms with Gasteiger partial charge in [-0.15, -0.1) is 0 Å². The third-order valence-corrected chi connectivity index (χ3v) is 10.4. The van der Waals surface area contributed by atoms with Crippen LogP contribution in [-0.4, -0.2) is 47.3 Å². The number of para-hydroxylation sites is 1. The van der Waals surface area contributed by atoms with Crippen LogP contribution in [0.15, 0.2) is 80.0 Å². The minimum Gasteiger partial charge on any atom is -0.469 e. The van der Waals surface area contributed by atoms with Gasteiger partial charge in [0.2, 0.25) is 17.7 Å². The van der Waals surface area contributed by atoms with Gasteiger partial charge in [0.05, 0.1) is 12.8 Å². The van der Waals surface area contributed by atoms with E-state index < -0.39 is 41.7 Å². The molecule has 2 amide bonds. The van der Waals surface area contributed by atoms with Gasteiger partial charge in [-0.1, -0.05) is 68.4 Å². The highest BCUT2D eigenvalue weighted by Gasteiger charge is 2.61. The van der Waals surface area contributed by atoms with Gasteiger partial charge in [-0.25, -0.2) is 19.6 Å². The van der Waals surface area contributed by atoms with Crippen LogP contribution in [0.2, 0.25) is 0 Å². The van der Waals surface area contributed by atoms with E-state index in [4.69, 9.17) is 28.0 Å². The number of alkyl carbamates (subject to hydrolysis) is 1. The van der Waals surface area contributed by atoms with E-state index >= 15 is 0 Å². The zero-order chi connectivity index (χ0) is 36.3. The molecule has 1 unspecified atom stereocenters. The minimum atomic E-state index is -1.14. The summed E-state index contributed by atoms with van der Waals surface area (Å²) >= 11 is 3.71. The molecule has 3 aromatic carbocycles. The maximum absolute atomic E-state index is 14.1. The second-order valence-corrected chi connectivity index (χ2v) is 14.1. The Morgan fingerprint density at radius 3 is 2.62 bits per heavy atom. The van der Waals surface area contributed by atoms with Gasteiger partial charge in [0.25, 0.3) is 0 Å². The molecule has 2 aromatic heterocycles. The zero-order valence-corrected chi connectivity index (χ0v) is 30.2. The normalized spacial score (nSPS) is 21.1. The van der Waals surface area contributed by atoms with Crippen molar-refractivity contribution >= 4 is 39.6 Å². The van der Waals surface area contributed by atoms with Crippen molar-refractivity contribution in [3.8, 4) is 17.3 Å². The molecular weight excluding hydrogens is 734 g/mol. The molecule has 14 heteroatoms. The number of benzene rings is 3.